The lowest BCUT2D eigenvalue weighted by atomic mass is 10.00. The van der Waals surface area contributed by atoms with Crippen LogP contribution in [0.1, 0.15) is 22.7 Å². The summed E-state index contributed by atoms with van der Waals surface area (Å²) in [5.41, 5.74) is 5.68. The molecule has 0 saturated heterocycles. The van der Waals surface area contributed by atoms with Crippen molar-refractivity contribution in [3.63, 3.8) is 0 Å². The Morgan fingerprint density at radius 3 is 2.37 bits per heavy atom. The van der Waals surface area contributed by atoms with Gasteiger partial charge in [0.15, 0.2) is 0 Å². The van der Waals surface area contributed by atoms with Gasteiger partial charge in [0, 0.05) is 12.3 Å². The van der Waals surface area contributed by atoms with Gasteiger partial charge in [0.25, 0.3) is 11.8 Å². The van der Waals surface area contributed by atoms with Crippen molar-refractivity contribution in [2.24, 2.45) is 5.73 Å². The molecule has 0 aromatic heterocycles. The number of nitrogens with two attached hydrogens (primary N) is 1. The van der Waals surface area contributed by atoms with Crippen LogP contribution in [0, 0.1) is 0 Å². The van der Waals surface area contributed by atoms with Gasteiger partial charge in [-0.3, -0.25) is 14.3 Å². The standard InChI is InChI=1S/C20H22F3N3O3S/c1-30-26-18(28)16(13-8-5-9-14(11-13)20(21,22)23)25-19(29)17(27)15(24)10-12-6-3-2-4-7-12/h2-9,11,15-17,27H,10,24H2,1H3,(H,25,29)(H,26,28). The molecule has 0 aliphatic rings. The molecule has 6 nitrogen and oxygen atoms in total. The summed E-state index contributed by atoms with van der Waals surface area (Å²) >= 11 is 0.926. The zero-order valence-electron chi connectivity index (χ0n) is 16.0. The third-order valence-corrected chi connectivity index (χ3v) is 4.69. The van der Waals surface area contributed by atoms with Crippen LogP contribution < -0.4 is 15.8 Å². The van der Waals surface area contributed by atoms with Crippen molar-refractivity contribution < 1.29 is 27.9 Å². The normalized spacial score (nSPS) is 14.5. The van der Waals surface area contributed by atoms with Crippen LogP contribution in [0.3, 0.4) is 0 Å². The highest BCUT2D eigenvalue weighted by atomic mass is 32.2. The van der Waals surface area contributed by atoms with Crippen LogP contribution in [0.2, 0.25) is 0 Å². The van der Waals surface area contributed by atoms with E-state index >= 15 is 0 Å². The highest BCUT2D eigenvalue weighted by molar-refractivity contribution is 7.97. The van der Waals surface area contributed by atoms with Crippen LogP contribution in [0.4, 0.5) is 13.2 Å². The number of hydrogen-bond acceptors (Lipinski definition) is 5. The summed E-state index contributed by atoms with van der Waals surface area (Å²) in [6.45, 7) is 0. The van der Waals surface area contributed by atoms with Crippen LogP contribution in [-0.2, 0) is 22.2 Å². The predicted molar refractivity (Wildman–Crippen MR) is 108 cm³/mol. The Kier molecular flexibility index (Phi) is 8.27. The molecule has 2 aromatic rings. The van der Waals surface area contributed by atoms with Gasteiger partial charge in [0.05, 0.1) is 5.56 Å². The fourth-order valence-electron chi connectivity index (χ4n) is 2.77. The Labute approximate surface area is 176 Å². The molecule has 0 saturated carbocycles. The van der Waals surface area contributed by atoms with Gasteiger partial charge in [-0.25, -0.2) is 0 Å². The monoisotopic (exact) mass is 441 g/mol. The van der Waals surface area contributed by atoms with Crippen LogP contribution in [0.15, 0.2) is 54.6 Å². The van der Waals surface area contributed by atoms with E-state index in [-0.39, 0.29) is 12.0 Å². The lowest BCUT2D eigenvalue weighted by Crippen LogP contribution is -2.50. The Balaban J connectivity index is 2.19. The minimum Gasteiger partial charge on any atom is -0.382 e. The van der Waals surface area contributed by atoms with Gasteiger partial charge in [-0.2, -0.15) is 13.2 Å². The number of nitrogens with one attached hydrogen (secondary N) is 2. The zero-order chi connectivity index (χ0) is 22.3. The summed E-state index contributed by atoms with van der Waals surface area (Å²) in [6.07, 6.45) is -4.53. The van der Waals surface area contributed by atoms with Crippen LogP contribution in [0.5, 0.6) is 0 Å². The first-order valence-electron chi connectivity index (χ1n) is 8.91. The second-order valence-corrected chi connectivity index (χ2v) is 7.15. The van der Waals surface area contributed by atoms with Gasteiger partial charge < -0.3 is 16.2 Å². The van der Waals surface area contributed by atoms with E-state index in [1.165, 1.54) is 6.07 Å². The molecule has 0 spiro atoms. The quantitative estimate of drug-likeness (QED) is 0.470. The summed E-state index contributed by atoms with van der Waals surface area (Å²) in [4.78, 5) is 24.9. The van der Waals surface area contributed by atoms with Crippen molar-refractivity contribution in [1.29, 1.82) is 0 Å². The maximum Gasteiger partial charge on any atom is 0.416 e. The fraction of sp³-hybridized carbons (Fsp3) is 0.300. The van der Waals surface area contributed by atoms with Gasteiger partial charge in [0.2, 0.25) is 0 Å². The second-order valence-electron chi connectivity index (χ2n) is 6.53. The maximum absolute atomic E-state index is 13.0. The largest absolute Gasteiger partial charge is 0.416 e. The van der Waals surface area contributed by atoms with Crippen molar-refractivity contribution in [2.45, 2.75) is 30.8 Å². The minimum absolute atomic E-state index is 0.0754. The molecule has 0 fully saturated rings. The molecular formula is C20H22F3N3O3S. The first kappa shape index (κ1) is 23.7. The average Bonchev–Trinajstić information content (AvgIpc) is 2.71. The Morgan fingerprint density at radius 1 is 1.10 bits per heavy atom. The van der Waals surface area contributed by atoms with Gasteiger partial charge >= 0.3 is 6.18 Å². The van der Waals surface area contributed by atoms with Crippen molar-refractivity contribution in [3.8, 4) is 0 Å². The number of hydrogen-bond donors (Lipinski definition) is 4. The summed E-state index contributed by atoms with van der Waals surface area (Å²) in [5, 5.41) is 12.6. The molecular weight excluding hydrogens is 419 g/mol. The first-order chi connectivity index (χ1) is 14.1. The molecule has 10 heteroatoms. The van der Waals surface area contributed by atoms with Crippen LogP contribution in [0.25, 0.3) is 0 Å². The minimum atomic E-state index is -4.61. The van der Waals surface area contributed by atoms with E-state index in [4.69, 9.17) is 5.73 Å². The molecule has 5 N–H and O–H groups in total. The Morgan fingerprint density at radius 2 is 1.77 bits per heavy atom. The molecule has 3 unspecified atom stereocenters. The van der Waals surface area contributed by atoms with E-state index in [0.717, 1.165) is 35.7 Å². The van der Waals surface area contributed by atoms with Crippen molar-refractivity contribution >= 4 is 23.8 Å². The van der Waals surface area contributed by atoms with E-state index in [0.29, 0.717) is 0 Å². The molecule has 162 valence electrons. The van der Waals surface area contributed by atoms with E-state index in [2.05, 4.69) is 10.0 Å². The number of aliphatic hydroxyl groups excluding tert-OH is 1. The van der Waals surface area contributed by atoms with Gasteiger partial charge in [-0.05, 0) is 29.7 Å². The number of alkyl halides is 3. The Hall–Kier alpha value is -2.56. The molecule has 0 bridgehead atoms. The molecule has 0 aliphatic carbocycles. The van der Waals surface area contributed by atoms with Crippen molar-refractivity contribution in [2.75, 3.05) is 6.26 Å². The summed E-state index contributed by atoms with van der Waals surface area (Å²) in [5.74, 6) is -1.70. The van der Waals surface area contributed by atoms with Gasteiger partial charge in [-0.1, -0.05) is 54.4 Å². The number of rotatable bonds is 8. The highest BCUT2D eigenvalue weighted by Gasteiger charge is 2.33. The van der Waals surface area contributed by atoms with E-state index in [9.17, 15) is 27.9 Å². The third kappa shape index (κ3) is 6.48. The lowest BCUT2D eigenvalue weighted by molar-refractivity contribution is -0.137. The molecule has 0 aliphatic heterocycles. The smallest absolute Gasteiger partial charge is 0.382 e. The van der Waals surface area contributed by atoms with Gasteiger partial charge in [-0.15, -0.1) is 0 Å². The van der Waals surface area contributed by atoms with Crippen LogP contribution in [-0.4, -0.2) is 35.3 Å². The molecule has 0 radical (unpaired) electrons. The molecule has 2 aromatic carbocycles. The molecule has 3 atom stereocenters. The number of benzene rings is 2. The molecule has 2 amide bonds. The summed E-state index contributed by atoms with van der Waals surface area (Å²) < 4.78 is 41.5. The Bertz CT molecular complexity index is 865. The van der Waals surface area contributed by atoms with E-state index < -0.39 is 41.7 Å². The molecule has 2 rings (SSSR count). The van der Waals surface area contributed by atoms with Crippen LogP contribution >= 0.6 is 11.9 Å². The topological polar surface area (TPSA) is 104 Å². The SMILES string of the molecule is CSNC(=O)C(NC(=O)C(O)C(N)Cc1ccccc1)c1cccc(C(F)(F)F)c1. The lowest BCUT2D eigenvalue weighted by Gasteiger charge is -2.23. The number of aliphatic hydroxyl groups is 1. The van der Waals surface area contributed by atoms with Gasteiger partial charge in [0.1, 0.15) is 12.1 Å². The second kappa shape index (κ2) is 10.5. The summed E-state index contributed by atoms with van der Waals surface area (Å²) in [7, 11) is 0. The summed E-state index contributed by atoms with van der Waals surface area (Å²) in [6, 6.07) is 10.6. The maximum atomic E-state index is 13.0. The number of carbonyl (C=O) groups excluding carboxylic acids is 2. The first-order valence-corrected chi connectivity index (χ1v) is 10.1. The highest BCUT2D eigenvalue weighted by Crippen LogP contribution is 2.31. The molecule has 0 heterocycles. The number of amides is 2. The number of carbonyl (C=O) groups is 2. The molecule has 30 heavy (non-hydrogen) atoms. The zero-order valence-corrected chi connectivity index (χ0v) is 16.8. The average molecular weight is 441 g/mol. The third-order valence-electron chi connectivity index (χ3n) is 4.29. The fourth-order valence-corrected chi connectivity index (χ4v) is 3.09. The van der Waals surface area contributed by atoms with E-state index in [1.807, 2.05) is 6.07 Å². The van der Waals surface area contributed by atoms with Crippen molar-refractivity contribution in [1.82, 2.24) is 10.0 Å². The number of halogens is 3. The van der Waals surface area contributed by atoms with Crippen molar-refractivity contribution in [3.05, 3.63) is 71.3 Å². The predicted octanol–water partition coefficient (Wildman–Crippen LogP) is 2.19. The van der Waals surface area contributed by atoms with E-state index in [1.54, 1.807) is 30.5 Å².